The highest BCUT2D eigenvalue weighted by molar-refractivity contribution is 5.71. The molecule has 1 heterocycles. The van der Waals surface area contributed by atoms with Gasteiger partial charge in [0, 0.05) is 36.5 Å². The van der Waals surface area contributed by atoms with E-state index in [-0.39, 0.29) is 11.8 Å². The molecule has 16 heavy (non-hydrogen) atoms. The molecule has 0 saturated heterocycles. The van der Waals surface area contributed by atoms with E-state index in [4.69, 9.17) is 10.2 Å². The van der Waals surface area contributed by atoms with Crippen molar-refractivity contribution in [3.8, 4) is 0 Å². The molecule has 1 aromatic heterocycles. The molecule has 0 aliphatic carbocycles. The lowest BCUT2D eigenvalue weighted by Gasteiger charge is -2.14. The van der Waals surface area contributed by atoms with Crippen LogP contribution >= 0.6 is 0 Å². The third-order valence-electron chi connectivity index (χ3n) is 2.47. The average molecular weight is 225 g/mol. The van der Waals surface area contributed by atoms with Crippen molar-refractivity contribution in [3.63, 3.8) is 0 Å². The number of aliphatic hydroxyl groups is 1. The van der Waals surface area contributed by atoms with Gasteiger partial charge in [-0.05, 0) is 13.8 Å². The van der Waals surface area contributed by atoms with E-state index in [0.717, 1.165) is 11.4 Å². The molecular weight excluding hydrogens is 210 g/mol. The zero-order chi connectivity index (χ0) is 12.3. The molecule has 88 valence electrons. The van der Waals surface area contributed by atoms with Gasteiger partial charge in [0.05, 0.1) is 0 Å². The van der Waals surface area contributed by atoms with Crippen LogP contribution in [0.4, 0.5) is 0 Å². The van der Waals surface area contributed by atoms with Gasteiger partial charge in [-0.25, -0.2) is 4.79 Å². The lowest BCUT2D eigenvalue weighted by molar-refractivity contribution is -0.147. The minimum atomic E-state index is -1.36. The first-order valence-electron chi connectivity index (χ1n) is 5.01. The number of aryl methyl sites for hydroxylation is 2. The highest BCUT2D eigenvalue weighted by Gasteiger charge is 2.13. The molecule has 5 nitrogen and oxygen atoms in total. The smallest absolute Gasteiger partial charge is 0.332 e. The summed E-state index contributed by atoms with van der Waals surface area (Å²) in [7, 11) is 0. The number of aliphatic carboxylic acids is 1. The maximum atomic E-state index is 11.2. The Balaban J connectivity index is 2.82. The number of rotatable bonds is 4. The number of hydrogen-bond acceptors (Lipinski definition) is 3. The maximum absolute atomic E-state index is 11.2. The molecule has 1 unspecified atom stereocenters. The molecule has 0 amide bonds. The average Bonchev–Trinajstić information content (AvgIpc) is 2.15. The summed E-state index contributed by atoms with van der Waals surface area (Å²) in [5.41, 5.74) is 1.47. The second kappa shape index (κ2) is 4.94. The van der Waals surface area contributed by atoms with Gasteiger partial charge in [-0.1, -0.05) is 0 Å². The van der Waals surface area contributed by atoms with Gasteiger partial charge in [0.15, 0.2) is 11.5 Å². The van der Waals surface area contributed by atoms with E-state index in [1.54, 1.807) is 13.8 Å². The van der Waals surface area contributed by atoms with Crippen LogP contribution < -0.4 is 5.43 Å². The van der Waals surface area contributed by atoms with E-state index in [1.807, 2.05) is 4.57 Å². The van der Waals surface area contributed by atoms with E-state index in [0.29, 0.717) is 6.54 Å². The third kappa shape index (κ3) is 2.93. The topological polar surface area (TPSA) is 79.5 Å². The molecule has 0 saturated carbocycles. The minimum absolute atomic E-state index is 0.0648. The molecule has 1 aromatic rings. The number of nitrogens with zero attached hydrogens (tertiary/aromatic N) is 1. The van der Waals surface area contributed by atoms with Gasteiger partial charge in [-0.3, -0.25) is 4.79 Å². The fraction of sp³-hybridized carbons (Fsp3) is 0.455. The van der Waals surface area contributed by atoms with Gasteiger partial charge in [-0.15, -0.1) is 0 Å². The van der Waals surface area contributed by atoms with Gasteiger partial charge in [0.1, 0.15) is 0 Å². The zero-order valence-corrected chi connectivity index (χ0v) is 9.30. The molecule has 0 fully saturated rings. The van der Waals surface area contributed by atoms with Crippen LogP contribution in [0.15, 0.2) is 16.9 Å². The summed E-state index contributed by atoms with van der Waals surface area (Å²) < 4.78 is 1.81. The van der Waals surface area contributed by atoms with Crippen LogP contribution in [0.1, 0.15) is 17.8 Å². The van der Waals surface area contributed by atoms with Gasteiger partial charge < -0.3 is 14.8 Å². The first-order chi connectivity index (χ1) is 7.41. The number of carbonyl (C=O) groups is 1. The van der Waals surface area contributed by atoms with Crippen molar-refractivity contribution in [1.29, 1.82) is 0 Å². The minimum Gasteiger partial charge on any atom is -0.479 e. The SMILES string of the molecule is Cc1cc(=O)cc(C)n1CCC(O)C(=O)O. The van der Waals surface area contributed by atoms with Crippen LogP contribution in [0, 0.1) is 13.8 Å². The van der Waals surface area contributed by atoms with Crippen LogP contribution in [0.25, 0.3) is 0 Å². The second-order valence-electron chi connectivity index (χ2n) is 3.77. The monoisotopic (exact) mass is 225 g/mol. The first-order valence-corrected chi connectivity index (χ1v) is 5.01. The Bertz CT molecular complexity index is 424. The Labute approximate surface area is 93.0 Å². The van der Waals surface area contributed by atoms with E-state index in [2.05, 4.69) is 0 Å². The van der Waals surface area contributed by atoms with Crippen LogP contribution in [0.3, 0.4) is 0 Å². The van der Waals surface area contributed by atoms with Gasteiger partial charge in [-0.2, -0.15) is 0 Å². The third-order valence-corrected chi connectivity index (χ3v) is 2.47. The molecule has 1 rings (SSSR count). The normalized spacial score (nSPS) is 12.4. The molecule has 0 aromatic carbocycles. The summed E-state index contributed by atoms with van der Waals surface area (Å²) in [6.45, 7) is 3.94. The van der Waals surface area contributed by atoms with Crippen molar-refractivity contribution in [2.45, 2.75) is 32.9 Å². The largest absolute Gasteiger partial charge is 0.479 e. The van der Waals surface area contributed by atoms with Crippen LogP contribution in [-0.2, 0) is 11.3 Å². The number of hydrogen-bond donors (Lipinski definition) is 2. The van der Waals surface area contributed by atoms with Crippen LogP contribution in [0.2, 0.25) is 0 Å². The highest BCUT2D eigenvalue weighted by atomic mass is 16.4. The number of aliphatic hydroxyl groups excluding tert-OH is 1. The summed E-state index contributed by atoms with van der Waals surface area (Å²) in [6.07, 6.45) is -1.24. The molecule has 0 spiro atoms. The van der Waals surface area contributed by atoms with Gasteiger partial charge >= 0.3 is 5.97 Å². The summed E-state index contributed by atoms with van der Waals surface area (Å²) >= 11 is 0. The van der Waals surface area contributed by atoms with Crippen LogP contribution in [0.5, 0.6) is 0 Å². The number of aromatic nitrogens is 1. The number of carboxylic acids is 1. The Morgan fingerprint density at radius 3 is 2.31 bits per heavy atom. The van der Waals surface area contributed by atoms with Crippen molar-refractivity contribution >= 4 is 5.97 Å². The van der Waals surface area contributed by atoms with Gasteiger partial charge in [0.2, 0.25) is 0 Å². The molecule has 5 heteroatoms. The molecule has 0 aliphatic heterocycles. The lowest BCUT2D eigenvalue weighted by Crippen LogP contribution is -2.23. The summed E-state index contributed by atoms with van der Waals surface area (Å²) in [4.78, 5) is 21.6. The maximum Gasteiger partial charge on any atom is 0.332 e. The summed E-state index contributed by atoms with van der Waals surface area (Å²) in [5, 5.41) is 17.7. The fourth-order valence-corrected chi connectivity index (χ4v) is 1.61. The Hall–Kier alpha value is -1.62. The highest BCUT2D eigenvalue weighted by Crippen LogP contribution is 2.04. The predicted molar refractivity (Wildman–Crippen MR) is 58.4 cm³/mol. The predicted octanol–water partition coefficient (Wildman–Crippen LogP) is 0.301. The van der Waals surface area contributed by atoms with Crippen molar-refractivity contribution in [2.75, 3.05) is 0 Å². The summed E-state index contributed by atoms with van der Waals surface area (Å²) in [5.74, 6) is -1.23. The number of carboxylic acid groups (broad SMARTS) is 1. The van der Waals surface area contributed by atoms with Crippen molar-refractivity contribution < 1.29 is 15.0 Å². The summed E-state index contributed by atoms with van der Waals surface area (Å²) in [6, 6.07) is 2.97. The van der Waals surface area contributed by atoms with Gasteiger partial charge in [0.25, 0.3) is 0 Å². The lowest BCUT2D eigenvalue weighted by atomic mass is 10.2. The zero-order valence-electron chi connectivity index (χ0n) is 9.30. The Morgan fingerprint density at radius 2 is 1.88 bits per heavy atom. The standard InChI is InChI=1S/C11H15NO4/c1-7-5-9(13)6-8(2)12(7)4-3-10(14)11(15)16/h5-6,10,14H,3-4H2,1-2H3,(H,15,16). The Kier molecular flexibility index (Phi) is 3.84. The van der Waals surface area contributed by atoms with E-state index < -0.39 is 12.1 Å². The molecule has 1 atom stereocenters. The quantitative estimate of drug-likeness (QED) is 0.772. The first kappa shape index (κ1) is 12.4. The van der Waals surface area contributed by atoms with Crippen molar-refractivity contribution in [1.82, 2.24) is 4.57 Å². The molecular formula is C11H15NO4. The van der Waals surface area contributed by atoms with E-state index in [9.17, 15) is 9.59 Å². The fourth-order valence-electron chi connectivity index (χ4n) is 1.61. The molecule has 0 radical (unpaired) electrons. The number of pyridine rings is 1. The molecule has 0 aliphatic rings. The van der Waals surface area contributed by atoms with Crippen LogP contribution in [-0.4, -0.2) is 26.9 Å². The molecule has 0 bridgehead atoms. The van der Waals surface area contributed by atoms with E-state index in [1.165, 1.54) is 12.1 Å². The van der Waals surface area contributed by atoms with E-state index >= 15 is 0 Å². The molecule has 2 N–H and O–H groups in total. The second-order valence-corrected chi connectivity index (χ2v) is 3.77. The Morgan fingerprint density at radius 1 is 1.38 bits per heavy atom. The van der Waals surface area contributed by atoms with Crippen molar-refractivity contribution in [2.24, 2.45) is 0 Å². The van der Waals surface area contributed by atoms with Crippen molar-refractivity contribution in [3.05, 3.63) is 33.7 Å².